The standard InChI is InChI=1S/C19H19N7/c1-26(2)15-5-3-4-12(9-15)16-10-14(8-13-11-22-25-18(13)16)23-17-6-7-21-19(20)24-17/h3-11H,1-2H3,(H,22,25)(H3,20,21,23,24). The number of aromatic amines is 1. The monoisotopic (exact) mass is 345 g/mol. The van der Waals surface area contributed by atoms with Gasteiger partial charge in [-0.15, -0.1) is 0 Å². The van der Waals surface area contributed by atoms with Crippen LogP contribution in [0.2, 0.25) is 0 Å². The van der Waals surface area contributed by atoms with E-state index in [2.05, 4.69) is 60.7 Å². The summed E-state index contributed by atoms with van der Waals surface area (Å²) in [5.41, 5.74) is 10.9. The first kappa shape index (κ1) is 15.9. The van der Waals surface area contributed by atoms with Crippen molar-refractivity contribution in [3.05, 3.63) is 54.9 Å². The highest BCUT2D eigenvalue weighted by Gasteiger charge is 2.10. The van der Waals surface area contributed by atoms with Crippen molar-refractivity contribution in [2.75, 3.05) is 30.0 Å². The maximum Gasteiger partial charge on any atom is 0.221 e. The molecule has 0 aliphatic carbocycles. The Morgan fingerprint density at radius 3 is 2.81 bits per heavy atom. The molecule has 2 aromatic heterocycles. The number of nitrogens with zero attached hydrogens (tertiary/aromatic N) is 4. The minimum atomic E-state index is 0.235. The number of aromatic nitrogens is 4. The lowest BCUT2D eigenvalue weighted by Gasteiger charge is -2.15. The summed E-state index contributed by atoms with van der Waals surface area (Å²) < 4.78 is 0. The van der Waals surface area contributed by atoms with Crippen molar-refractivity contribution < 1.29 is 0 Å². The van der Waals surface area contributed by atoms with E-state index in [1.165, 1.54) is 0 Å². The molecular weight excluding hydrogens is 326 g/mol. The fourth-order valence-corrected chi connectivity index (χ4v) is 2.90. The van der Waals surface area contributed by atoms with E-state index in [9.17, 15) is 0 Å². The molecule has 0 bridgehead atoms. The van der Waals surface area contributed by atoms with E-state index in [0.29, 0.717) is 5.82 Å². The fourth-order valence-electron chi connectivity index (χ4n) is 2.90. The van der Waals surface area contributed by atoms with Crippen LogP contribution in [0.25, 0.3) is 22.0 Å². The molecule has 0 saturated carbocycles. The van der Waals surface area contributed by atoms with E-state index in [1.807, 2.05) is 26.4 Å². The second-order valence-electron chi connectivity index (χ2n) is 6.23. The topological polar surface area (TPSA) is 95.8 Å². The molecule has 4 aromatic rings. The third kappa shape index (κ3) is 3.02. The Morgan fingerprint density at radius 1 is 1.12 bits per heavy atom. The predicted octanol–water partition coefficient (Wildman–Crippen LogP) is 3.41. The van der Waals surface area contributed by atoms with E-state index >= 15 is 0 Å². The number of rotatable bonds is 4. The zero-order valence-electron chi connectivity index (χ0n) is 14.6. The molecule has 7 heteroatoms. The Hall–Kier alpha value is -3.61. The number of fused-ring (bicyclic) bond motifs is 1. The maximum atomic E-state index is 5.67. The SMILES string of the molecule is CN(C)c1cccc(-c2cc(Nc3ccnc(N)n3)cc3cn[nH]c23)c1. The van der Waals surface area contributed by atoms with Gasteiger partial charge in [0.15, 0.2) is 0 Å². The van der Waals surface area contributed by atoms with Crippen molar-refractivity contribution in [2.45, 2.75) is 0 Å². The van der Waals surface area contributed by atoms with Gasteiger partial charge >= 0.3 is 0 Å². The lowest BCUT2D eigenvalue weighted by atomic mass is 10.0. The second-order valence-corrected chi connectivity index (χ2v) is 6.23. The lowest BCUT2D eigenvalue weighted by molar-refractivity contribution is 1.12. The second kappa shape index (κ2) is 6.36. The average molecular weight is 345 g/mol. The highest BCUT2D eigenvalue weighted by Crippen LogP contribution is 2.33. The Morgan fingerprint density at radius 2 is 2.00 bits per heavy atom. The Labute approximate surface area is 150 Å². The maximum absolute atomic E-state index is 5.67. The van der Waals surface area contributed by atoms with E-state index in [-0.39, 0.29) is 5.95 Å². The average Bonchev–Trinajstić information content (AvgIpc) is 3.09. The highest BCUT2D eigenvalue weighted by molar-refractivity contribution is 5.97. The Kier molecular flexibility index (Phi) is 3.89. The first-order valence-electron chi connectivity index (χ1n) is 8.20. The molecule has 0 aliphatic rings. The predicted molar refractivity (Wildman–Crippen MR) is 106 cm³/mol. The minimum Gasteiger partial charge on any atom is -0.378 e. The van der Waals surface area contributed by atoms with Gasteiger partial charge in [-0.25, -0.2) is 4.98 Å². The number of H-pyrrole nitrogens is 1. The molecule has 0 radical (unpaired) electrons. The summed E-state index contributed by atoms with van der Waals surface area (Å²) in [7, 11) is 4.06. The summed E-state index contributed by atoms with van der Waals surface area (Å²) in [5.74, 6) is 0.881. The van der Waals surface area contributed by atoms with Crippen LogP contribution < -0.4 is 16.0 Å². The molecule has 4 N–H and O–H groups in total. The van der Waals surface area contributed by atoms with Crippen LogP contribution >= 0.6 is 0 Å². The summed E-state index contributed by atoms with van der Waals surface area (Å²) in [4.78, 5) is 10.2. The summed E-state index contributed by atoms with van der Waals surface area (Å²) in [6.45, 7) is 0. The molecule has 0 spiro atoms. The molecule has 0 aliphatic heterocycles. The minimum absolute atomic E-state index is 0.235. The van der Waals surface area contributed by atoms with Gasteiger partial charge in [0, 0.05) is 42.6 Å². The molecule has 0 amide bonds. The molecule has 7 nitrogen and oxygen atoms in total. The Balaban J connectivity index is 1.81. The molecule has 2 aromatic carbocycles. The Bertz CT molecular complexity index is 1070. The first-order chi connectivity index (χ1) is 12.6. The van der Waals surface area contributed by atoms with Gasteiger partial charge in [-0.3, -0.25) is 5.10 Å². The van der Waals surface area contributed by atoms with Crippen LogP contribution in [0.1, 0.15) is 0 Å². The molecule has 0 fully saturated rings. The van der Waals surface area contributed by atoms with Crippen molar-refractivity contribution in [2.24, 2.45) is 0 Å². The van der Waals surface area contributed by atoms with Crippen LogP contribution in [0.15, 0.2) is 54.9 Å². The van der Waals surface area contributed by atoms with Crippen LogP contribution in [0.5, 0.6) is 0 Å². The first-order valence-corrected chi connectivity index (χ1v) is 8.20. The summed E-state index contributed by atoms with van der Waals surface area (Å²) in [5, 5.41) is 11.6. The van der Waals surface area contributed by atoms with Gasteiger partial charge in [-0.2, -0.15) is 10.1 Å². The smallest absolute Gasteiger partial charge is 0.221 e. The summed E-state index contributed by atoms with van der Waals surface area (Å²) in [6, 6.07) is 14.3. The molecule has 26 heavy (non-hydrogen) atoms. The quantitative estimate of drug-likeness (QED) is 0.524. The van der Waals surface area contributed by atoms with E-state index < -0.39 is 0 Å². The summed E-state index contributed by atoms with van der Waals surface area (Å²) >= 11 is 0. The van der Waals surface area contributed by atoms with E-state index in [4.69, 9.17) is 5.73 Å². The van der Waals surface area contributed by atoms with Gasteiger partial charge in [0.05, 0.1) is 11.7 Å². The van der Waals surface area contributed by atoms with Crippen molar-refractivity contribution >= 4 is 34.0 Å². The van der Waals surface area contributed by atoms with Crippen LogP contribution in [-0.2, 0) is 0 Å². The molecule has 4 rings (SSSR count). The van der Waals surface area contributed by atoms with Crippen LogP contribution in [-0.4, -0.2) is 34.3 Å². The van der Waals surface area contributed by atoms with Crippen LogP contribution in [0, 0.1) is 0 Å². The fraction of sp³-hybridized carbons (Fsp3) is 0.105. The molecule has 2 heterocycles. The van der Waals surface area contributed by atoms with Gasteiger partial charge in [-0.05, 0) is 35.9 Å². The third-order valence-electron chi connectivity index (χ3n) is 4.17. The largest absolute Gasteiger partial charge is 0.378 e. The van der Waals surface area contributed by atoms with Crippen LogP contribution in [0.3, 0.4) is 0 Å². The molecule has 0 atom stereocenters. The number of nitrogens with two attached hydrogens (primary N) is 1. The molecular formula is C19H19N7. The molecule has 0 unspecified atom stereocenters. The van der Waals surface area contributed by atoms with Crippen LogP contribution in [0.4, 0.5) is 23.1 Å². The molecule has 0 saturated heterocycles. The zero-order valence-corrected chi connectivity index (χ0v) is 14.6. The van der Waals surface area contributed by atoms with Gasteiger partial charge < -0.3 is 16.0 Å². The number of nitrogen functional groups attached to an aromatic ring is 1. The number of anilines is 4. The highest BCUT2D eigenvalue weighted by atomic mass is 15.1. The third-order valence-corrected chi connectivity index (χ3v) is 4.17. The van der Waals surface area contributed by atoms with E-state index in [0.717, 1.165) is 33.4 Å². The van der Waals surface area contributed by atoms with Gasteiger partial charge in [-0.1, -0.05) is 12.1 Å². The van der Waals surface area contributed by atoms with Gasteiger partial charge in [0.1, 0.15) is 5.82 Å². The number of hydrogen-bond acceptors (Lipinski definition) is 6. The number of nitrogens with one attached hydrogen (secondary N) is 2. The zero-order chi connectivity index (χ0) is 18.1. The summed E-state index contributed by atoms with van der Waals surface area (Å²) in [6.07, 6.45) is 3.44. The van der Waals surface area contributed by atoms with Crippen molar-refractivity contribution in [3.63, 3.8) is 0 Å². The van der Waals surface area contributed by atoms with E-state index in [1.54, 1.807) is 12.3 Å². The normalized spacial score (nSPS) is 10.8. The van der Waals surface area contributed by atoms with Gasteiger partial charge in [0.2, 0.25) is 5.95 Å². The lowest BCUT2D eigenvalue weighted by Crippen LogP contribution is -2.08. The van der Waals surface area contributed by atoms with Gasteiger partial charge in [0.25, 0.3) is 0 Å². The van der Waals surface area contributed by atoms with Crippen molar-refractivity contribution in [1.82, 2.24) is 20.2 Å². The molecule has 130 valence electrons. The van der Waals surface area contributed by atoms with Crippen molar-refractivity contribution in [3.8, 4) is 11.1 Å². The number of hydrogen-bond donors (Lipinski definition) is 3. The van der Waals surface area contributed by atoms with Crippen molar-refractivity contribution in [1.29, 1.82) is 0 Å². The number of benzene rings is 2.